The van der Waals surface area contributed by atoms with Crippen LogP contribution in [0.1, 0.15) is 32.3 Å². The van der Waals surface area contributed by atoms with E-state index in [1.54, 1.807) is 4.90 Å². The van der Waals surface area contributed by atoms with Crippen molar-refractivity contribution in [2.45, 2.75) is 33.1 Å². The standard InChI is InChI=1S/C18H25N3O3/c1-3-4-14-5-7-16(8-6-14)21-12-15(11-17(21)23)18(24)20-10-9-19-13(2)22/h5-8,15H,3-4,9-12H2,1-2H3,(H,19,22)(H,20,24). The molecular formula is C18H25N3O3. The smallest absolute Gasteiger partial charge is 0.227 e. The number of benzene rings is 1. The van der Waals surface area contributed by atoms with Crippen LogP contribution in [-0.4, -0.2) is 37.4 Å². The van der Waals surface area contributed by atoms with Crippen molar-refractivity contribution in [3.05, 3.63) is 29.8 Å². The zero-order chi connectivity index (χ0) is 17.5. The molecule has 1 aliphatic heterocycles. The number of nitrogens with zero attached hydrogens (tertiary/aromatic N) is 1. The molecule has 1 fully saturated rings. The van der Waals surface area contributed by atoms with Gasteiger partial charge in [0, 0.05) is 38.7 Å². The summed E-state index contributed by atoms with van der Waals surface area (Å²) in [6, 6.07) is 7.96. The van der Waals surface area contributed by atoms with Gasteiger partial charge in [0.2, 0.25) is 17.7 Å². The van der Waals surface area contributed by atoms with Crippen molar-refractivity contribution in [1.29, 1.82) is 0 Å². The second-order valence-electron chi connectivity index (χ2n) is 6.10. The van der Waals surface area contributed by atoms with Crippen molar-refractivity contribution in [3.63, 3.8) is 0 Å². The summed E-state index contributed by atoms with van der Waals surface area (Å²) in [5, 5.41) is 5.39. The van der Waals surface area contributed by atoms with Crippen LogP contribution in [-0.2, 0) is 20.8 Å². The van der Waals surface area contributed by atoms with Crippen LogP contribution in [0.25, 0.3) is 0 Å². The number of carbonyl (C=O) groups excluding carboxylic acids is 3. The third-order valence-electron chi connectivity index (χ3n) is 4.08. The first kappa shape index (κ1) is 18.0. The molecule has 0 bridgehead atoms. The molecule has 1 heterocycles. The van der Waals surface area contributed by atoms with E-state index in [2.05, 4.69) is 17.6 Å². The van der Waals surface area contributed by atoms with Crippen molar-refractivity contribution in [2.75, 3.05) is 24.5 Å². The highest BCUT2D eigenvalue weighted by atomic mass is 16.2. The molecular weight excluding hydrogens is 306 g/mol. The quantitative estimate of drug-likeness (QED) is 0.738. The Morgan fingerprint density at radius 1 is 1.17 bits per heavy atom. The Bertz CT molecular complexity index is 598. The summed E-state index contributed by atoms with van der Waals surface area (Å²) in [6.07, 6.45) is 2.33. The normalized spacial score (nSPS) is 17.0. The monoisotopic (exact) mass is 331 g/mol. The Kier molecular flexibility index (Phi) is 6.35. The molecule has 1 aromatic rings. The van der Waals surface area contributed by atoms with Crippen LogP contribution in [0.4, 0.5) is 5.69 Å². The summed E-state index contributed by atoms with van der Waals surface area (Å²) in [7, 11) is 0. The van der Waals surface area contributed by atoms with Gasteiger partial charge in [0.25, 0.3) is 0 Å². The van der Waals surface area contributed by atoms with Crippen LogP contribution in [0.5, 0.6) is 0 Å². The molecule has 0 spiro atoms. The first-order chi connectivity index (χ1) is 11.5. The number of rotatable bonds is 7. The maximum absolute atomic E-state index is 12.2. The number of hydrogen-bond donors (Lipinski definition) is 2. The van der Waals surface area contributed by atoms with Crippen LogP contribution in [0, 0.1) is 5.92 Å². The number of anilines is 1. The first-order valence-electron chi connectivity index (χ1n) is 8.42. The average Bonchev–Trinajstić information content (AvgIpc) is 2.94. The molecule has 1 atom stereocenters. The Morgan fingerprint density at radius 2 is 1.83 bits per heavy atom. The highest BCUT2D eigenvalue weighted by Crippen LogP contribution is 2.25. The van der Waals surface area contributed by atoms with Gasteiger partial charge in [-0.15, -0.1) is 0 Å². The minimum absolute atomic E-state index is 0.0275. The molecule has 1 saturated heterocycles. The molecule has 0 aromatic heterocycles. The van der Waals surface area contributed by atoms with E-state index in [0.717, 1.165) is 18.5 Å². The topological polar surface area (TPSA) is 78.5 Å². The summed E-state index contributed by atoms with van der Waals surface area (Å²) >= 11 is 0. The third kappa shape index (κ3) is 4.81. The lowest BCUT2D eigenvalue weighted by atomic mass is 10.1. The van der Waals surface area contributed by atoms with E-state index in [4.69, 9.17) is 0 Å². The van der Waals surface area contributed by atoms with E-state index in [9.17, 15) is 14.4 Å². The summed E-state index contributed by atoms with van der Waals surface area (Å²) in [5.41, 5.74) is 2.09. The summed E-state index contributed by atoms with van der Waals surface area (Å²) in [5.74, 6) is -0.637. The molecule has 24 heavy (non-hydrogen) atoms. The molecule has 1 aliphatic rings. The molecule has 1 aromatic carbocycles. The largest absolute Gasteiger partial charge is 0.355 e. The van der Waals surface area contributed by atoms with Crippen molar-refractivity contribution in [1.82, 2.24) is 10.6 Å². The van der Waals surface area contributed by atoms with E-state index in [1.165, 1.54) is 12.5 Å². The second kappa shape index (κ2) is 8.47. The SMILES string of the molecule is CCCc1ccc(N2CC(C(=O)NCCNC(C)=O)CC2=O)cc1. The maximum Gasteiger partial charge on any atom is 0.227 e. The minimum atomic E-state index is -0.342. The van der Waals surface area contributed by atoms with E-state index in [-0.39, 0.29) is 30.1 Å². The number of aryl methyl sites for hydroxylation is 1. The van der Waals surface area contributed by atoms with Crippen molar-refractivity contribution >= 4 is 23.4 Å². The van der Waals surface area contributed by atoms with Gasteiger partial charge in [-0.2, -0.15) is 0 Å². The number of amides is 3. The van der Waals surface area contributed by atoms with Crippen molar-refractivity contribution in [2.24, 2.45) is 5.92 Å². The van der Waals surface area contributed by atoms with Crippen LogP contribution >= 0.6 is 0 Å². The highest BCUT2D eigenvalue weighted by Gasteiger charge is 2.34. The maximum atomic E-state index is 12.2. The van der Waals surface area contributed by atoms with Crippen LogP contribution < -0.4 is 15.5 Å². The average molecular weight is 331 g/mol. The van der Waals surface area contributed by atoms with Crippen LogP contribution in [0.15, 0.2) is 24.3 Å². The second-order valence-corrected chi connectivity index (χ2v) is 6.10. The Morgan fingerprint density at radius 3 is 2.46 bits per heavy atom. The van der Waals surface area contributed by atoms with Gasteiger partial charge in [-0.05, 0) is 24.1 Å². The lowest BCUT2D eigenvalue weighted by Crippen LogP contribution is -2.37. The molecule has 0 aliphatic carbocycles. The van der Waals surface area contributed by atoms with Gasteiger partial charge >= 0.3 is 0 Å². The zero-order valence-electron chi connectivity index (χ0n) is 14.3. The van der Waals surface area contributed by atoms with Crippen molar-refractivity contribution in [3.8, 4) is 0 Å². The molecule has 6 heteroatoms. The highest BCUT2D eigenvalue weighted by molar-refractivity contribution is 6.00. The van der Waals surface area contributed by atoms with Crippen LogP contribution in [0.2, 0.25) is 0 Å². The number of nitrogens with one attached hydrogen (secondary N) is 2. The van der Waals surface area contributed by atoms with Gasteiger partial charge in [-0.1, -0.05) is 25.5 Å². The third-order valence-corrected chi connectivity index (χ3v) is 4.08. The Balaban J connectivity index is 1.88. The predicted octanol–water partition coefficient (Wildman–Crippen LogP) is 1.24. The molecule has 6 nitrogen and oxygen atoms in total. The zero-order valence-corrected chi connectivity index (χ0v) is 14.3. The van der Waals surface area contributed by atoms with Gasteiger partial charge in [0.15, 0.2) is 0 Å². The number of carbonyl (C=O) groups is 3. The summed E-state index contributed by atoms with van der Waals surface area (Å²) < 4.78 is 0. The van der Waals surface area contributed by atoms with Gasteiger partial charge < -0.3 is 15.5 Å². The molecule has 2 N–H and O–H groups in total. The minimum Gasteiger partial charge on any atom is -0.355 e. The fourth-order valence-electron chi connectivity index (χ4n) is 2.83. The Labute approximate surface area is 142 Å². The van der Waals surface area contributed by atoms with Gasteiger partial charge in [0.05, 0.1) is 5.92 Å². The van der Waals surface area contributed by atoms with Crippen LogP contribution in [0.3, 0.4) is 0 Å². The predicted molar refractivity (Wildman–Crippen MR) is 92.6 cm³/mol. The van der Waals surface area contributed by atoms with Gasteiger partial charge in [0.1, 0.15) is 0 Å². The summed E-state index contributed by atoms with van der Waals surface area (Å²) in [6.45, 7) is 4.73. The molecule has 2 rings (SSSR count). The number of hydrogen-bond acceptors (Lipinski definition) is 3. The van der Waals surface area contributed by atoms with Gasteiger partial charge in [-0.3, -0.25) is 14.4 Å². The lowest BCUT2D eigenvalue weighted by Gasteiger charge is -2.17. The van der Waals surface area contributed by atoms with E-state index < -0.39 is 0 Å². The van der Waals surface area contributed by atoms with Crippen molar-refractivity contribution < 1.29 is 14.4 Å². The van der Waals surface area contributed by atoms with E-state index in [0.29, 0.717) is 19.6 Å². The fraction of sp³-hybridized carbons (Fsp3) is 0.500. The molecule has 0 saturated carbocycles. The lowest BCUT2D eigenvalue weighted by molar-refractivity contribution is -0.126. The van der Waals surface area contributed by atoms with E-state index in [1.807, 2.05) is 24.3 Å². The Hall–Kier alpha value is -2.37. The molecule has 0 radical (unpaired) electrons. The van der Waals surface area contributed by atoms with Gasteiger partial charge in [-0.25, -0.2) is 0 Å². The summed E-state index contributed by atoms with van der Waals surface area (Å²) in [4.78, 5) is 36.8. The molecule has 3 amide bonds. The fourth-order valence-corrected chi connectivity index (χ4v) is 2.83. The molecule has 1 unspecified atom stereocenters. The first-order valence-corrected chi connectivity index (χ1v) is 8.42. The molecule has 130 valence electrons. The van der Waals surface area contributed by atoms with E-state index >= 15 is 0 Å².